The number of carboxylic acids is 1. The lowest BCUT2D eigenvalue weighted by Gasteiger charge is -2.09. The minimum absolute atomic E-state index is 0.457. The van der Waals surface area contributed by atoms with Gasteiger partial charge in [0, 0.05) is 4.47 Å². The standard InChI is InChI=1S/C12H14BrNO5S/c1-8(12(16)17)6-20(18,19)7-11(15)14-10-5-3-2-4-9(10)13/h2-5,8H,6-7H2,1H3,(H,14,15)(H,16,17). The van der Waals surface area contributed by atoms with Gasteiger partial charge in [-0.1, -0.05) is 19.1 Å². The number of carboxylic acid groups (broad SMARTS) is 1. The third-order valence-corrected chi connectivity index (χ3v) is 4.83. The van der Waals surface area contributed by atoms with Gasteiger partial charge in [-0.05, 0) is 28.1 Å². The number of carbonyl (C=O) groups excluding carboxylic acids is 1. The van der Waals surface area contributed by atoms with Crippen LogP contribution >= 0.6 is 15.9 Å². The predicted octanol–water partition coefficient (Wildman–Crippen LogP) is 1.52. The number of hydrogen-bond acceptors (Lipinski definition) is 4. The predicted molar refractivity (Wildman–Crippen MR) is 78.2 cm³/mol. The van der Waals surface area contributed by atoms with Crippen LogP contribution in [0.5, 0.6) is 0 Å². The highest BCUT2D eigenvalue weighted by molar-refractivity contribution is 9.10. The van der Waals surface area contributed by atoms with E-state index in [0.717, 1.165) is 0 Å². The van der Waals surface area contributed by atoms with Crippen molar-refractivity contribution >= 4 is 43.3 Å². The Morgan fingerprint density at radius 1 is 1.35 bits per heavy atom. The van der Waals surface area contributed by atoms with Crippen molar-refractivity contribution in [1.82, 2.24) is 0 Å². The zero-order valence-corrected chi connectivity index (χ0v) is 13.1. The second-order valence-electron chi connectivity index (χ2n) is 4.32. The molecule has 0 aromatic heterocycles. The zero-order chi connectivity index (χ0) is 15.3. The summed E-state index contributed by atoms with van der Waals surface area (Å²) in [6.07, 6.45) is 0. The van der Waals surface area contributed by atoms with Gasteiger partial charge < -0.3 is 10.4 Å². The normalized spacial score (nSPS) is 12.7. The van der Waals surface area contributed by atoms with E-state index in [1.54, 1.807) is 24.3 Å². The SMILES string of the molecule is CC(CS(=O)(=O)CC(=O)Nc1ccccc1Br)C(=O)O. The minimum Gasteiger partial charge on any atom is -0.481 e. The number of aliphatic carboxylic acids is 1. The average Bonchev–Trinajstić information content (AvgIpc) is 2.30. The van der Waals surface area contributed by atoms with Crippen molar-refractivity contribution < 1.29 is 23.1 Å². The molecule has 1 unspecified atom stereocenters. The molecule has 0 saturated heterocycles. The number of carbonyl (C=O) groups is 2. The summed E-state index contributed by atoms with van der Waals surface area (Å²) in [6.45, 7) is 1.28. The van der Waals surface area contributed by atoms with E-state index in [9.17, 15) is 18.0 Å². The summed E-state index contributed by atoms with van der Waals surface area (Å²) in [4.78, 5) is 22.3. The van der Waals surface area contributed by atoms with E-state index < -0.39 is 39.1 Å². The third kappa shape index (κ3) is 5.30. The fourth-order valence-corrected chi connectivity index (χ4v) is 3.34. The highest BCUT2D eigenvalue weighted by atomic mass is 79.9. The molecule has 0 aliphatic heterocycles. The topological polar surface area (TPSA) is 101 Å². The lowest BCUT2D eigenvalue weighted by atomic mass is 10.2. The van der Waals surface area contributed by atoms with Crippen LogP contribution in [0.3, 0.4) is 0 Å². The molecule has 110 valence electrons. The summed E-state index contributed by atoms with van der Waals surface area (Å²) in [5.74, 6) is -4.26. The Kier molecular flexibility index (Phi) is 5.70. The van der Waals surface area contributed by atoms with Crippen molar-refractivity contribution in [2.24, 2.45) is 5.92 Å². The van der Waals surface area contributed by atoms with Crippen LogP contribution < -0.4 is 5.32 Å². The number of para-hydroxylation sites is 1. The van der Waals surface area contributed by atoms with Crippen LogP contribution in [0, 0.1) is 5.92 Å². The van der Waals surface area contributed by atoms with Gasteiger partial charge in [-0.2, -0.15) is 0 Å². The first-order valence-electron chi connectivity index (χ1n) is 5.69. The lowest BCUT2D eigenvalue weighted by molar-refractivity contribution is -0.140. The molecule has 0 aliphatic rings. The fraction of sp³-hybridized carbons (Fsp3) is 0.333. The molecule has 1 atom stereocenters. The van der Waals surface area contributed by atoms with Crippen molar-refractivity contribution in [3.05, 3.63) is 28.7 Å². The minimum atomic E-state index is -3.77. The Morgan fingerprint density at radius 3 is 2.50 bits per heavy atom. The molecule has 8 heteroatoms. The number of anilines is 1. The molecule has 0 spiro atoms. The largest absolute Gasteiger partial charge is 0.481 e. The first-order valence-corrected chi connectivity index (χ1v) is 8.30. The number of hydrogen-bond donors (Lipinski definition) is 2. The summed E-state index contributed by atoms with van der Waals surface area (Å²) in [7, 11) is -3.77. The van der Waals surface area contributed by atoms with E-state index >= 15 is 0 Å². The fourth-order valence-electron chi connectivity index (χ4n) is 1.46. The maximum absolute atomic E-state index is 11.7. The van der Waals surface area contributed by atoms with Gasteiger partial charge in [0.25, 0.3) is 0 Å². The number of sulfone groups is 1. The van der Waals surface area contributed by atoms with Gasteiger partial charge in [-0.15, -0.1) is 0 Å². The van der Waals surface area contributed by atoms with Crippen LogP contribution in [0.1, 0.15) is 6.92 Å². The van der Waals surface area contributed by atoms with Gasteiger partial charge in [0.05, 0.1) is 17.4 Å². The molecule has 20 heavy (non-hydrogen) atoms. The van der Waals surface area contributed by atoms with Crippen LogP contribution in [0.25, 0.3) is 0 Å². The van der Waals surface area contributed by atoms with E-state index in [2.05, 4.69) is 21.2 Å². The summed E-state index contributed by atoms with van der Waals surface area (Å²) in [5, 5.41) is 11.1. The quantitative estimate of drug-likeness (QED) is 0.797. The van der Waals surface area contributed by atoms with E-state index in [0.29, 0.717) is 10.2 Å². The van der Waals surface area contributed by atoms with Gasteiger partial charge >= 0.3 is 5.97 Å². The average molecular weight is 364 g/mol. The summed E-state index contributed by atoms with van der Waals surface area (Å²) < 4.78 is 24.0. The molecule has 6 nitrogen and oxygen atoms in total. The Labute approximate surface area is 125 Å². The molecule has 1 amide bonds. The van der Waals surface area contributed by atoms with Gasteiger partial charge in [0.15, 0.2) is 9.84 Å². The maximum Gasteiger partial charge on any atom is 0.307 e. The first kappa shape index (κ1) is 16.6. The molecule has 0 aliphatic carbocycles. The second-order valence-corrected chi connectivity index (χ2v) is 7.29. The van der Waals surface area contributed by atoms with E-state index in [-0.39, 0.29) is 0 Å². The highest BCUT2D eigenvalue weighted by Gasteiger charge is 2.23. The molecular weight excluding hydrogens is 350 g/mol. The number of halogens is 1. The third-order valence-electron chi connectivity index (χ3n) is 2.42. The maximum atomic E-state index is 11.7. The molecule has 1 aromatic carbocycles. The number of rotatable bonds is 6. The monoisotopic (exact) mass is 363 g/mol. The highest BCUT2D eigenvalue weighted by Crippen LogP contribution is 2.21. The van der Waals surface area contributed by atoms with Gasteiger partial charge in [-0.25, -0.2) is 8.42 Å². The number of benzene rings is 1. The molecule has 0 bridgehead atoms. The summed E-state index contributed by atoms with van der Waals surface area (Å²) in [5.41, 5.74) is 0.457. The van der Waals surface area contributed by atoms with Gasteiger partial charge in [0.2, 0.25) is 5.91 Å². The van der Waals surface area contributed by atoms with Crippen molar-refractivity contribution in [2.75, 3.05) is 16.8 Å². The van der Waals surface area contributed by atoms with Crippen LogP contribution in [0.2, 0.25) is 0 Å². The smallest absolute Gasteiger partial charge is 0.307 e. The molecule has 2 N–H and O–H groups in total. The lowest BCUT2D eigenvalue weighted by Crippen LogP contribution is -2.29. The second kappa shape index (κ2) is 6.85. The zero-order valence-electron chi connectivity index (χ0n) is 10.7. The Bertz CT molecular complexity index is 614. The van der Waals surface area contributed by atoms with Crippen molar-refractivity contribution in [3.8, 4) is 0 Å². The summed E-state index contributed by atoms with van der Waals surface area (Å²) in [6, 6.07) is 6.78. The van der Waals surface area contributed by atoms with Crippen LogP contribution in [0.15, 0.2) is 28.7 Å². The van der Waals surface area contributed by atoms with Crippen molar-refractivity contribution in [1.29, 1.82) is 0 Å². The molecule has 0 saturated carbocycles. The van der Waals surface area contributed by atoms with E-state index in [4.69, 9.17) is 5.11 Å². The molecule has 0 heterocycles. The van der Waals surface area contributed by atoms with E-state index in [1.165, 1.54) is 6.92 Å². The van der Waals surface area contributed by atoms with E-state index in [1.807, 2.05) is 0 Å². The first-order chi connectivity index (χ1) is 9.21. The Balaban J connectivity index is 2.67. The Morgan fingerprint density at radius 2 is 1.95 bits per heavy atom. The molecular formula is C12H14BrNO5S. The van der Waals surface area contributed by atoms with Crippen LogP contribution in [-0.2, 0) is 19.4 Å². The molecule has 0 fully saturated rings. The van der Waals surface area contributed by atoms with Crippen molar-refractivity contribution in [2.45, 2.75) is 6.92 Å². The van der Waals surface area contributed by atoms with Crippen LogP contribution in [-0.4, -0.2) is 36.9 Å². The van der Waals surface area contributed by atoms with Gasteiger partial charge in [0.1, 0.15) is 5.75 Å². The molecule has 1 rings (SSSR count). The summed E-state index contributed by atoms with van der Waals surface area (Å²) >= 11 is 3.22. The van der Waals surface area contributed by atoms with Crippen LogP contribution in [0.4, 0.5) is 5.69 Å². The van der Waals surface area contributed by atoms with Crippen molar-refractivity contribution in [3.63, 3.8) is 0 Å². The number of amides is 1. The van der Waals surface area contributed by atoms with Gasteiger partial charge in [-0.3, -0.25) is 9.59 Å². The molecule has 0 radical (unpaired) electrons. The Hall–Kier alpha value is -1.41. The number of nitrogens with one attached hydrogen (secondary N) is 1. The molecule has 1 aromatic rings.